The zero-order valence-corrected chi connectivity index (χ0v) is 9.36. The number of hydrogen-bond acceptors (Lipinski definition) is 3. The molecule has 1 heterocycles. The standard InChI is InChI=1S/C10H12FNO3S/c11-16(13,14)12-6-10(7-12)15-8-9-4-2-1-3-5-9/h1-5,10H,6-8H2. The van der Waals surface area contributed by atoms with Gasteiger partial charge in [-0.05, 0) is 5.56 Å². The number of nitrogens with zero attached hydrogens (tertiary/aromatic N) is 1. The minimum atomic E-state index is -4.53. The topological polar surface area (TPSA) is 46.6 Å². The van der Waals surface area contributed by atoms with Gasteiger partial charge < -0.3 is 4.74 Å². The van der Waals surface area contributed by atoms with Crippen LogP contribution in [0.4, 0.5) is 3.89 Å². The van der Waals surface area contributed by atoms with E-state index in [1.165, 1.54) is 0 Å². The third-order valence-electron chi connectivity index (χ3n) is 2.45. The molecule has 1 aromatic carbocycles. The molecule has 2 rings (SSSR count). The van der Waals surface area contributed by atoms with Gasteiger partial charge in [0.05, 0.1) is 12.7 Å². The van der Waals surface area contributed by atoms with Gasteiger partial charge in [-0.2, -0.15) is 12.7 Å². The van der Waals surface area contributed by atoms with Crippen LogP contribution in [0.25, 0.3) is 0 Å². The lowest BCUT2D eigenvalue weighted by Gasteiger charge is -2.34. The summed E-state index contributed by atoms with van der Waals surface area (Å²) >= 11 is 0. The van der Waals surface area contributed by atoms with Gasteiger partial charge in [0.15, 0.2) is 0 Å². The van der Waals surface area contributed by atoms with Crippen LogP contribution >= 0.6 is 0 Å². The molecular formula is C10H12FNO3S. The van der Waals surface area contributed by atoms with E-state index in [0.29, 0.717) is 6.61 Å². The molecule has 0 unspecified atom stereocenters. The third-order valence-corrected chi connectivity index (χ3v) is 3.37. The zero-order chi connectivity index (χ0) is 11.6. The molecule has 0 spiro atoms. The van der Waals surface area contributed by atoms with E-state index in [0.717, 1.165) is 9.87 Å². The van der Waals surface area contributed by atoms with E-state index >= 15 is 0 Å². The van der Waals surface area contributed by atoms with Crippen LogP contribution in [0.2, 0.25) is 0 Å². The van der Waals surface area contributed by atoms with Gasteiger partial charge in [-0.1, -0.05) is 34.2 Å². The molecule has 6 heteroatoms. The number of halogens is 1. The van der Waals surface area contributed by atoms with Crippen molar-refractivity contribution in [2.75, 3.05) is 13.1 Å². The Morgan fingerprint density at radius 2 is 1.94 bits per heavy atom. The van der Waals surface area contributed by atoms with Crippen molar-refractivity contribution in [2.24, 2.45) is 0 Å². The number of hydrogen-bond donors (Lipinski definition) is 0. The van der Waals surface area contributed by atoms with Crippen LogP contribution in [-0.2, 0) is 21.8 Å². The number of ether oxygens (including phenoxy) is 1. The summed E-state index contributed by atoms with van der Waals surface area (Å²) in [4.78, 5) is 0. The predicted molar refractivity (Wildman–Crippen MR) is 56.6 cm³/mol. The van der Waals surface area contributed by atoms with Crippen molar-refractivity contribution in [1.82, 2.24) is 4.31 Å². The Kier molecular flexibility index (Phi) is 3.22. The first-order chi connectivity index (χ1) is 7.55. The normalized spacial score (nSPS) is 18.3. The average molecular weight is 245 g/mol. The fraction of sp³-hybridized carbons (Fsp3) is 0.400. The molecule has 0 amide bonds. The van der Waals surface area contributed by atoms with Crippen molar-refractivity contribution in [3.8, 4) is 0 Å². The van der Waals surface area contributed by atoms with Crippen LogP contribution in [0, 0.1) is 0 Å². The summed E-state index contributed by atoms with van der Waals surface area (Å²) in [5, 5.41) is 0. The maximum absolute atomic E-state index is 12.4. The van der Waals surface area contributed by atoms with Crippen LogP contribution in [0.5, 0.6) is 0 Å². The lowest BCUT2D eigenvalue weighted by atomic mass is 10.2. The number of benzene rings is 1. The van der Waals surface area contributed by atoms with Gasteiger partial charge in [0.25, 0.3) is 0 Å². The van der Waals surface area contributed by atoms with Gasteiger partial charge in [0.2, 0.25) is 0 Å². The van der Waals surface area contributed by atoms with E-state index in [9.17, 15) is 12.3 Å². The van der Waals surface area contributed by atoms with Crippen LogP contribution in [-0.4, -0.2) is 31.9 Å². The molecular weight excluding hydrogens is 233 g/mol. The van der Waals surface area contributed by atoms with Crippen molar-refractivity contribution in [2.45, 2.75) is 12.7 Å². The Bertz CT molecular complexity index is 442. The molecule has 0 aromatic heterocycles. The lowest BCUT2D eigenvalue weighted by molar-refractivity contribution is -0.0311. The molecule has 0 radical (unpaired) electrons. The van der Waals surface area contributed by atoms with E-state index < -0.39 is 10.4 Å². The van der Waals surface area contributed by atoms with Gasteiger partial charge in [-0.15, -0.1) is 0 Å². The second-order valence-corrected chi connectivity index (χ2v) is 5.02. The molecule has 4 nitrogen and oxygen atoms in total. The van der Waals surface area contributed by atoms with E-state index in [-0.39, 0.29) is 19.2 Å². The summed E-state index contributed by atoms with van der Waals surface area (Å²) in [6, 6.07) is 9.55. The second kappa shape index (κ2) is 4.48. The Balaban J connectivity index is 1.75. The molecule has 1 aliphatic heterocycles. The molecule has 0 bridgehead atoms. The van der Waals surface area contributed by atoms with Gasteiger partial charge in [-0.25, -0.2) is 0 Å². The molecule has 1 saturated heterocycles. The minimum Gasteiger partial charge on any atom is -0.371 e. The Labute approximate surface area is 94.0 Å². The molecule has 0 N–H and O–H groups in total. The van der Waals surface area contributed by atoms with E-state index in [4.69, 9.17) is 4.74 Å². The first-order valence-electron chi connectivity index (χ1n) is 4.91. The van der Waals surface area contributed by atoms with Crippen LogP contribution in [0.3, 0.4) is 0 Å². The first kappa shape index (κ1) is 11.5. The Morgan fingerprint density at radius 3 is 2.50 bits per heavy atom. The predicted octanol–water partition coefficient (Wildman–Crippen LogP) is 1.10. The highest BCUT2D eigenvalue weighted by Crippen LogP contribution is 2.18. The van der Waals surface area contributed by atoms with Crippen molar-refractivity contribution < 1.29 is 17.0 Å². The fourth-order valence-corrected chi connectivity index (χ4v) is 2.16. The molecule has 1 aromatic rings. The molecule has 0 aliphatic carbocycles. The zero-order valence-electron chi connectivity index (χ0n) is 8.54. The molecule has 1 aliphatic rings. The summed E-state index contributed by atoms with van der Waals surface area (Å²) < 4.78 is 39.5. The van der Waals surface area contributed by atoms with Gasteiger partial charge in [0.1, 0.15) is 0 Å². The van der Waals surface area contributed by atoms with Gasteiger partial charge >= 0.3 is 10.4 Å². The Morgan fingerprint density at radius 1 is 1.31 bits per heavy atom. The summed E-state index contributed by atoms with van der Waals surface area (Å²) in [5.41, 5.74) is 1.02. The van der Waals surface area contributed by atoms with Crippen molar-refractivity contribution in [1.29, 1.82) is 0 Å². The van der Waals surface area contributed by atoms with Crippen molar-refractivity contribution in [3.63, 3.8) is 0 Å². The summed E-state index contributed by atoms with van der Waals surface area (Å²) in [7, 11) is -4.53. The maximum atomic E-state index is 12.4. The van der Waals surface area contributed by atoms with E-state index in [2.05, 4.69) is 0 Å². The third kappa shape index (κ3) is 2.78. The molecule has 1 fully saturated rings. The van der Waals surface area contributed by atoms with Crippen molar-refractivity contribution in [3.05, 3.63) is 35.9 Å². The number of rotatable bonds is 4. The maximum Gasteiger partial charge on any atom is 0.374 e. The van der Waals surface area contributed by atoms with Gasteiger partial charge in [-0.3, -0.25) is 0 Å². The van der Waals surface area contributed by atoms with E-state index in [1.807, 2.05) is 30.3 Å². The molecule has 88 valence electrons. The quantitative estimate of drug-likeness (QED) is 0.746. The second-order valence-electron chi connectivity index (χ2n) is 3.68. The highest BCUT2D eigenvalue weighted by molar-refractivity contribution is 7.84. The summed E-state index contributed by atoms with van der Waals surface area (Å²) in [6.07, 6.45) is -0.203. The Hall–Kier alpha value is -0.980. The SMILES string of the molecule is O=S(=O)(F)N1CC(OCc2ccccc2)C1. The average Bonchev–Trinajstić information content (AvgIpc) is 2.15. The summed E-state index contributed by atoms with van der Waals surface area (Å²) in [5.74, 6) is 0. The fourth-order valence-electron chi connectivity index (χ4n) is 1.47. The molecule has 0 saturated carbocycles. The van der Waals surface area contributed by atoms with E-state index in [1.54, 1.807) is 0 Å². The molecule has 0 atom stereocenters. The van der Waals surface area contributed by atoms with Gasteiger partial charge in [0, 0.05) is 13.1 Å². The molecule has 16 heavy (non-hydrogen) atoms. The lowest BCUT2D eigenvalue weighted by Crippen LogP contribution is -2.53. The highest BCUT2D eigenvalue weighted by atomic mass is 32.3. The van der Waals surface area contributed by atoms with Crippen LogP contribution < -0.4 is 0 Å². The monoisotopic (exact) mass is 245 g/mol. The summed E-state index contributed by atoms with van der Waals surface area (Å²) in [6.45, 7) is 0.628. The van der Waals surface area contributed by atoms with Crippen LogP contribution in [0.15, 0.2) is 30.3 Å². The largest absolute Gasteiger partial charge is 0.374 e. The minimum absolute atomic E-state index is 0.103. The highest BCUT2D eigenvalue weighted by Gasteiger charge is 2.36. The van der Waals surface area contributed by atoms with Crippen LogP contribution in [0.1, 0.15) is 5.56 Å². The first-order valence-corrected chi connectivity index (χ1v) is 6.25. The van der Waals surface area contributed by atoms with Crippen molar-refractivity contribution >= 4 is 10.4 Å². The smallest absolute Gasteiger partial charge is 0.371 e.